The molecule has 0 spiro atoms. The number of rotatable bonds is 3. The summed E-state index contributed by atoms with van der Waals surface area (Å²) >= 11 is 0. The lowest BCUT2D eigenvalue weighted by atomic mass is 10.1. The van der Waals surface area contributed by atoms with Gasteiger partial charge in [-0.1, -0.05) is 6.92 Å². The zero-order valence-corrected chi connectivity index (χ0v) is 7.63. The molecule has 0 saturated carbocycles. The van der Waals surface area contributed by atoms with Crippen LogP contribution in [0.2, 0.25) is 0 Å². The van der Waals surface area contributed by atoms with Crippen molar-refractivity contribution in [2.24, 2.45) is 0 Å². The third-order valence-corrected chi connectivity index (χ3v) is 1.82. The van der Waals surface area contributed by atoms with Gasteiger partial charge >= 0.3 is 0 Å². The zero-order valence-electron chi connectivity index (χ0n) is 7.63. The van der Waals surface area contributed by atoms with Crippen LogP contribution in [0.5, 0.6) is 0 Å². The van der Waals surface area contributed by atoms with Crippen molar-refractivity contribution in [2.45, 2.75) is 19.4 Å². The maximum atomic E-state index is 12.8. The molecule has 0 amide bonds. The first-order valence-electron chi connectivity index (χ1n) is 4.18. The van der Waals surface area contributed by atoms with E-state index < -0.39 is 17.7 Å². The average Bonchev–Trinajstić information content (AvgIpc) is 2.12. The van der Waals surface area contributed by atoms with E-state index in [0.717, 1.165) is 18.2 Å². The number of benzene rings is 1. The third kappa shape index (κ3) is 2.43. The van der Waals surface area contributed by atoms with Gasteiger partial charge in [0, 0.05) is 6.07 Å². The summed E-state index contributed by atoms with van der Waals surface area (Å²) in [6.07, 6.45) is 1.42. The molecule has 14 heavy (non-hydrogen) atoms. The first kappa shape index (κ1) is 10.5. The summed E-state index contributed by atoms with van der Waals surface area (Å²) in [6, 6.07) is 3.10. The number of ether oxygens (including phenoxy) is 1. The SMILES string of the molecule is CC[C@@H](OC#N)c1cc(F)cc(F)c1. The van der Waals surface area contributed by atoms with Crippen LogP contribution in [0.15, 0.2) is 18.2 Å². The van der Waals surface area contributed by atoms with Crippen LogP contribution in [0, 0.1) is 23.2 Å². The first-order chi connectivity index (χ1) is 6.67. The van der Waals surface area contributed by atoms with E-state index in [1.165, 1.54) is 6.26 Å². The molecule has 0 aliphatic rings. The normalized spacial score (nSPS) is 11.9. The summed E-state index contributed by atoms with van der Waals surface area (Å²) in [5, 5.41) is 8.31. The van der Waals surface area contributed by atoms with Gasteiger partial charge in [-0.3, -0.25) is 0 Å². The van der Waals surface area contributed by atoms with Crippen molar-refractivity contribution in [1.82, 2.24) is 0 Å². The second kappa shape index (κ2) is 4.56. The lowest BCUT2D eigenvalue weighted by molar-refractivity contribution is 0.158. The van der Waals surface area contributed by atoms with Crippen LogP contribution in [0.1, 0.15) is 25.0 Å². The highest BCUT2D eigenvalue weighted by Crippen LogP contribution is 2.22. The topological polar surface area (TPSA) is 33.0 Å². The quantitative estimate of drug-likeness (QED) is 0.698. The predicted molar refractivity (Wildman–Crippen MR) is 46.1 cm³/mol. The molecule has 4 heteroatoms. The monoisotopic (exact) mass is 197 g/mol. The average molecular weight is 197 g/mol. The molecule has 1 rings (SSSR count). The Bertz CT molecular complexity index is 339. The Kier molecular flexibility index (Phi) is 3.41. The molecule has 1 atom stereocenters. The fraction of sp³-hybridized carbons (Fsp3) is 0.300. The second-order valence-electron chi connectivity index (χ2n) is 2.81. The largest absolute Gasteiger partial charge is 0.419 e. The Morgan fingerprint density at radius 1 is 1.36 bits per heavy atom. The van der Waals surface area contributed by atoms with Gasteiger partial charge in [0.1, 0.15) is 17.7 Å². The molecule has 0 fully saturated rings. The van der Waals surface area contributed by atoms with Gasteiger partial charge in [0.2, 0.25) is 0 Å². The number of hydrogen-bond acceptors (Lipinski definition) is 2. The maximum Gasteiger partial charge on any atom is 0.286 e. The van der Waals surface area contributed by atoms with Crippen molar-refractivity contribution in [3.8, 4) is 6.26 Å². The van der Waals surface area contributed by atoms with Crippen molar-refractivity contribution in [1.29, 1.82) is 5.26 Å². The van der Waals surface area contributed by atoms with Gasteiger partial charge in [-0.05, 0) is 24.1 Å². The van der Waals surface area contributed by atoms with Gasteiger partial charge in [0.25, 0.3) is 6.26 Å². The van der Waals surface area contributed by atoms with Gasteiger partial charge in [-0.2, -0.15) is 5.26 Å². The van der Waals surface area contributed by atoms with E-state index in [4.69, 9.17) is 5.26 Å². The van der Waals surface area contributed by atoms with E-state index in [9.17, 15) is 8.78 Å². The zero-order chi connectivity index (χ0) is 10.6. The van der Waals surface area contributed by atoms with Crippen LogP contribution in [-0.2, 0) is 4.74 Å². The predicted octanol–water partition coefficient (Wildman–Crippen LogP) is 2.91. The smallest absolute Gasteiger partial charge is 0.286 e. The van der Waals surface area contributed by atoms with Crippen LogP contribution in [0.4, 0.5) is 8.78 Å². The van der Waals surface area contributed by atoms with Gasteiger partial charge < -0.3 is 4.74 Å². The molecule has 2 nitrogen and oxygen atoms in total. The van der Waals surface area contributed by atoms with Crippen molar-refractivity contribution < 1.29 is 13.5 Å². The number of nitrogens with zero attached hydrogens (tertiary/aromatic N) is 1. The molecule has 0 saturated heterocycles. The van der Waals surface area contributed by atoms with Crippen LogP contribution < -0.4 is 0 Å². The minimum atomic E-state index is -0.667. The van der Waals surface area contributed by atoms with Crippen molar-refractivity contribution in [2.75, 3.05) is 0 Å². The molecule has 0 heterocycles. The van der Waals surface area contributed by atoms with E-state index in [1.54, 1.807) is 6.92 Å². The molecule has 0 aromatic heterocycles. The van der Waals surface area contributed by atoms with Crippen molar-refractivity contribution >= 4 is 0 Å². The molecule has 0 unspecified atom stereocenters. The Morgan fingerprint density at radius 2 is 1.93 bits per heavy atom. The summed E-state index contributed by atoms with van der Waals surface area (Å²) in [5.74, 6) is -1.33. The highest BCUT2D eigenvalue weighted by atomic mass is 19.1. The Morgan fingerprint density at radius 3 is 2.36 bits per heavy atom. The molecule has 0 aliphatic carbocycles. The van der Waals surface area contributed by atoms with Crippen LogP contribution in [-0.4, -0.2) is 0 Å². The summed E-state index contributed by atoms with van der Waals surface area (Å²) in [5.41, 5.74) is 0.339. The maximum absolute atomic E-state index is 12.8. The highest BCUT2D eigenvalue weighted by Gasteiger charge is 2.12. The summed E-state index contributed by atoms with van der Waals surface area (Å²) in [4.78, 5) is 0. The van der Waals surface area contributed by atoms with Crippen molar-refractivity contribution in [3.63, 3.8) is 0 Å². The van der Waals surface area contributed by atoms with Gasteiger partial charge in [0.15, 0.2) is 0 Å². The van der Waals surface area contributed by atoms with Crippen LogP contribution in [0.3, 0.4) is 0 Å². The van der Waals surface area contributed by atoms with Crippen LogP contribution >= 0.6 is 0 Å². The molecular formula is C10H9F2NO. The number of hydrogen-bond donors (Lipinski definition) is 0. The standard InChI is InChI=1S/C10H9F2NO/c1-2-10(14-6-13)7-3-8(11)5-9(12)4-7/h3-5,10H,2H2,1H3/t10-/m1/s1. The van der Waals surface area contributed by atoms with E-state index in [2.05, 4.69) is 4.74 Å². The lowest BCUT2D eigenvalue weighted by Gasteiger charge is -2.11. The fourth-order valence-corrected chi connectivity index (χ4v) is 1.21. The third-order valence-electron chi connectivity index (χ3n) is 1.82. The molecule has 0 aliphatic heterocycles. The minimum absolute atomic E-state index is 0.339. The molecular weight excluding hydrogens is 188 g/mol. The summed E-state index contributed by atoms with van der Waals surface area (Å²) in [7, 11) is 0. The van der Waals surface area contributed by atoms with Gasteiger partial charge in [0.05, 0.1) is 0 Å². The molecule has 0 bridgehead atoms. The Balaban J connectivity index is 2.98. The van der Waals surface area contributed by atoms with E-state index in [0.29, 0.717) is 12.0 Å². The number of halogens is 2. The highest BCUT2D eigenvalue weighted by molar-refractivity contribution is 5.20. The van der Waals surface area contributed by atoms with Crippen LogP contribution in [0.25, 0.3) is 0 Å². The Labute approximate surface area is 80.7 Å². The van der Waals surface area contributed by atoms with E-state index >= 15 is 0 Å². The molecule has 74 valence electrons. The first-order valence-corrected chi connectivity index (χ1v) is 4.18. The second-order valence-corrected chi connectivity index (χ2v) is 2.81. The lowest BCUT2D eigenvalue weighted by Crippen LogP contribution is -2.00. The van der Waals surface area contributed by atoms with Crippen molar-refractivity contribution in [3.05, 3.63) is 35.4 Å². The Hall–Kier alpha value is -1.63. The minimum Gasteiger partial charge on any atom is -0.419 e. The molecule has 1 aromatic rings. The summed E-state index contributed by atoms with van der Waals surface area (Å²) < 4.78 is 30.2. The fourth-order valence-electron chi connectivity index (χ4n) is 1.21. The number of nitriles is 1. The molecule has 1 aromatic carbocycles. The van der Waals surface area contributed by atoms with Gasteiger partial charge in [-0.15, -0.1) is 0 Å². The van der Waals surface area contributed by atoms with E-state index in [1.807, 2.05) is 0 Å². The van der Waals surface area contributed by atoms with Gasteiger partial charge in [-0.25, -0.2) is 8.78 Å². The molecule has 0 radical (unpaired) electrons. The summed E-state index contributed by atoms with van der Waals surface area (Å²) in [6.45, 7) is 1.77. The molecule has 0 N–H and O–H groups in total. The van der Waals surface area contributed by atoms with E-state index in [-0.39, 0.29) is 0 Å².